The first-order chi connectivity index (χ1) is 7.12. The zero-order valence-electron chi connectivity index (χ0n) is 9.67. The molecule has 0 aromatic heterocycles. The first kappa shape index (κ1) is 12.5. The smallest absolute Gasteiger partial charge is 0.303 e. The maximum absolute atomic E-state index is 10.7. The third-order valence-electron chi connectivity index (χ3n) is 3.62. The minimum atomic E-state index is -0.701. The van der Waals surface area contributed by atoms with Crippen molar-refractivity contribution in [1.82, 2.24) is 0 Å². The number of aliphatic carboxylic acids is 1. The first-order valence-corrected chi connectivity index (χ1v) is 6.04. The molecule has 15 heavy (non-hydrogen) atoms. The van der Waals surface area contributed by atoms with E-state index in [1.54, 1.807) is 0 Å². The molecule has 1 fully saturated rings. The van der Waals surface area contributed by atoms with E-state index in [4.69, 9.17) is 10.8 Å². The topological polar surface area (TPSA) is 63.3 Å². The Bertz CT molecular complexity index is 210. The van der Waals surface area contributed by atoms with E-state index >= 15 is 0 Å². The predicted molar refractivity (Wildman–Crippen MR) is 60.6 cm³/mol. The number of nitrogens with two attached hydrogens (primary N) is 1. The van der Waals surface area contributed by atoms with Gasteiger partial charge in [-0.1, -0.05) is 32.6 Å². The summed E-state index contributed by atoms with van der Waals surface area (Å²) in [7, 11) is 0. The van der Waals surface area contributed by atoms with Crippen LogP contribution in [0.25, 0.3) is 0 Å². The maximum atomic E-state index is 10.7. The summed E-state index contributed by atoms with van der Waals surface area (Å²) in [6, 6.07) is 0. The number of hydrogen-bond donors (Lipinski definition) is 2. The lowest BCUT2D eigenvalue weighted by Gasteiger charge is -2.46. The molecule has 0 bridgehead atoms. The summed E-state index contributed by atoms with van der Waals surface area (Å²) in [5.74, 6) is 0.0342. The molecule has 3 N–H and O–H groups in total. The lowest BCUT2D eigenvalue weighted by molar-refractivity contribution is -0.142. The van der Waals surface area contributed by atoms with E-state index in [1.165, 1.54) is 25.7 Å². The Morgan fingerprint density at radius 3 is 2.60 bits per heavy atom. The van der Waals surface area contributed by atoms with E-state index < -0.39 is 5.97 Å². The number of carbonyl (C=O) groups is 1. The second-order valence-corrected chi connectivity index (χ2v) is 5.04. The van der Waals surface area contributed by atoms with Crippen molar-refractivity contribution in [3.05, 3.63) is 0 Å². The van der Waals surface area contributed by atoms with Crippen molar-refractivity contribution in [1.29, 1.82) is 0 Å². The average molecular weight is 213 g/mol. The second-order valence-electron chi connectivity index (χ2n) is 5.04. The largest absolute Gasteiger partial charge is 0.481 e. The number of rotatable bonds is 7. The van der Waals surface area contributed by atoms with E-state index in [0.29, 0.717) is 6.54 Å². The van der Waals surface area contributed by atoms with Gasteiger partial charge in [-0.25, -0.2) is 0 Å². The molecular weight excluding hydrogens is 190 g/mol. The van der Waals surface area contributed by atoms with Crippen molar-refractivity contribution >= 4 is 5.97 Å². The molecule has 1 aliphatic rings. The van der Waals surface area contributed by atoms with Gasteiger partial charge in [0.1, 0.15) is 0 Å². The highest BCUT2D eigenvalue weighted by atomic mass is 16.4. The van der Waals surface area contributed by atoms with Crippen LogP contribution in [-0.2, 0) is 4.79 Å². The molecule has 88 valence electrons. The number of carboxylic acid groups (broad SMARTS) is 1. The van der Waals surface area contributed by atoms with Crippen LogP contribution >= 0.6 is 0 Å². The molecule has 0 saturated heterocycles. The zero-order valence-corrected chi connectivity index (χ0v) is 9.67. The normalized spacial score (nSPS) is 29.9. The van der Waals surface area contributed by atoms with Crippen molar-refractivity contribution in [2.45, 2.75) is 51.9 Å². The third kappa shape index (κ3) is 3.49. The van der Waals surface area contributed by atoms with Crippen LogP contribution < -0.4 is 5.73 Å². The van der Waals surface area contributed by atoms with E-state index in [-0.39, 0.29) is 11.8 Å². The van der Waals surface area contributed by atoms with Crippen molar-refractivity contribution in [3.8, 4) is 0 Å². The summed E-state index contributed by atoms with van der Waals surface area (Å²) in [5, 5.41) is 8.79. The molecule has 1 aliphatic carbocycles. The van der Waals surface area contributed by atoms with Crippen LogP contribution in [0.2, 0.25) is 0 Å². The SMILES string of the molecule is CCCCCC1CC(CN)(CC(=O)O)C1. The average Bonchev–Trinajstić information content (AvgIpc) is 2.13. The van der Waals surface area contributed by atoms with E-state index in [9.17, 15) is 4.79 Å². The Balaban J connectivity index is 2.22. The van der Waals surface area contributed by atoms with Crippen LogP contribution in [0.3, 0.4) is 0 Å². The third-order valence-corrected chi connectivity index (χ3v) is 3.62. The van der Waals surface area contributed by atoms with Crippen LogP contribution in [0, 0.1) is 11.3 Å². The van der Waals surface area contributed by atoms with Gasteiger partial charge in [-0.2, -0.15) is 0 Å². The summed E-state index contributed by atoms with van der Waals surface area (Å²) in [4.78, 5) is 10.7. The van der Waals surface area contributed by atoms with Gasteiger partial charge < -0.3 is 10.8 Å². The minimum Gasteiger partial charge on any atom is -0.481 e. The first-order valence-electron chi connectivity index (χ1n) is 6.04. The fourth-order valence-corrected chi connectivity index (χ4v) is 2.76. The fraction of sp³-hybridized carbons (Fsp3) is 0.917. The highest BCUT2D eigenvalue weighted by molar-refractivity contribution is 5.68. The lowest BCUT2D eigenvalue weighted by atomic mass is 9.59. The van der Waals surface area contributed by atoms with Gasteiger partial charge in [-0.15, -0.1) is 0 Å². The molecule has 1 saturated carbocycles. The number of carboxylic acids is 1. The predicted octanol–water partition coefficient (Wildman–Crippen LogP) is 2.40. The monoisotopic (exact) mass is 213 g/mol. The van der Waals surface area contributed by atoms with Crippen LogP contribution in [0.15, 0.2) is 0 Å². The van der Waals surface area contributed by atoms with Gasteiger partial charge in [0.25, 0.3) is 0 Å². The van der Waals surface area contributed by atoms with Gasteiger partial charge in [-0.3, -0.25) is 4.79 Å². The molecule has 1 rings (SSSR count). The fourth-order valence-electron chi connectivity index (χ4n) is 2.76. The summed E-state index contributed by atoms with van der Waals surface area (Å²) >= 11 is 0. The Morgan fingerprint density at radius 1 is 1.47 bits per heavy atom. The quantitative estimate of drug-likeness (QED) is 0.638. The summed E-state index contributed by atoms with van der Waals surface area (Å²) < 4.78 is 0. The summed E-state index contributed by atoms with van der Waals surface area (Å²) in [6.07, 6.45) is 7.41. The molecule has 0 aromatic carbocycles. The highest BCUT2D eigenvalue weighted by Gasteiger charge is 2.43. The van der Waals surface area contributed by atoms with Gasteiger partial charge in [-0.05, 0) is 30.7 Å². The molecule has 0 amide bonds. The molecule has 0 unspecified atom stereocenters. The van der Waals surface area contributed by atoms with E-state index in [0.717, 1.165) is 18.8 Å². The molecule has 0 heterocycles. The van der Waals surface area contributed by atoms with Crippen LogP contribution in [0.1, 0.15) is 51.9 Å². The van der Waals surface area contributed by atoms with Crippen molar-refractivity contribution in [3.63, 3.8) is 0 Å². The van der Waals surface area contributed by atoms with Crippen molar-refractivity contribution in [2.24, 2.45) is 17.1 Å². The van der Waals surface area contributed by atoms with E-state index in [1.807, 2.05) is 0 Å². The summed E-state index contributed by atoms with van der Waals surface area (Å²) in [6.45, 7) is 2.74. The van der Waals surface area contributed by atoms with Crippen LogP contribution in [0.5, 0.6) is 0 Å². The van der Waals surface area contributed by atoms with E-state index in [2.05, 4.69) is 6.92 Å². The van der Waals surface area contributed by atoms with Gasteiger partial charge >= 0.3 is 5.97 Å². The molecule has 0 aromatic rings. The molecule has 0 spiro atoms. The molecular formula is C12H23NO2. The van der Waals surface area contributed by atoms with Gasteiger partial charge in [0, 0.05) is 0 Å². The van der Waals surface area contributed by atoms with Gasteiger partial charge in [0.2, 0.25) is 0 Å². The van der Waals surface area contributed by atoms with Crippen molar-refractivity contribution in [2.75, 3.05) is 6.54 Å². The Labute approximate surface area is 92.0 Å². The molecule has 3 nitrogen and oxygen atoms in total. The molecule has 3 heteroatoms. The highest BCUT2D eigenvalue weighted by Crippen LogP contribution is 2.49. The molecule has 0 radical (unpaired) electrons. The molecule has 0 aliphatic heterocycles. The minimum absolute atomic E-state index is 0.0668. The van der Waals surface area contributed by atoms with Crippen molar-refractivity contribution < 1.29 is 9.90 Å². The summed E-state index contributed by atoms with van der Waals surface area (Å²) in [5.41, 5.74) is 5.60. The molecule has 0 atom stereocenters. The second kappa shape index (κ2) is 5.50. The lowest BCUT2D eigenvalue weighted by Crippen LogP contribution is -2.44. The standard InChI is InChI=1S/C12H23NO2/c1-2-3-4-5-10-6-12(7-10,9-13)8-11(14)15/h10H,2-9,13H2,1H3,(H,14,15). The number of hydrogen-bond acceptors (Lipinski definition) is 2. The Morgan fingerprint density at radius 2 is 2.13 bits per heavy atom. The van der Waals surface area contributed by atoms with Crippen LogP contribution in [-0.4, -0.2) is 17.6 Å². The van der Waals surface area contributed by atoms with Gasteiger partial charge in [0.15, 0.2) is 0 Å². The Hall–Kier alpha value is -0.570. The van der Waals surface area contributed by atoms with Gasteiger partial charge in [0.05, 0.1) is 6.42 Å². The Kier molecular flexibility index (Phi) is 4.58. The zero-order chi connectivity index (χ0) is 11.3. The maximum Gasteiger partial charge on any atom is 0.303 e. The number of unbranched alkanes of at least 4 members (excludes halogenated alkanes) is 2. The van der Waals surface area contributed by atoms with Crippen LogP contribution in [0.4, 0.5) is 0 Å².